The van der Waals surface area contributed by atoms with Crippen LogP contribution in [0.1, 0.15) is 18.4 Å². The average Bonchev–Trinajstić information content (AvgIpc) is 2.57. The topological polar surface area (TPSA) is 26.3 Å². The Kier molecular flexibility index (Phi) is 1.80. The maximum Gasteiger partial charge on any atom is 0.139 e. The number of ether oxygens (including phenoxy) is 1. The fourth-order valence-corrected chi connectivity index (χ4v) is 2.40. The molecule has 0 aliphatic carbocycles. The summed E-state index contributed by atoms with van der Waals surface area (Å²) in [5.41, 5.74) is 0.609. The Bertz CT molecular complexity index is 421. The molecule has 0 saturated carbocycles. The van der Waals surface area contributed by atoms with E-state index in [0.717, 1.165) is 5.56 Å². The molecule has 1 aromatic rings. The van der Waals surface area contributed by atoms with Gasteiger partial charge in [0.2, 0.25) is 0 Å². The van der Waals surface area contributed by atoms with Gasteiger partial charge in [0.05, 0.1) is 6.10 Å². The molecule has 15 heavy (non-hydrogen) atoms. The first kappa shape index (κ1) is 8.86. The Morgan fingerprint density at radius 1 is 1.27 bits per heavy atom. The molecule has 0 spiro atoms. The second kappa shape index (κ2) is 3.04. The van der Waals surface area contributed by atoms with Gasteiger partial charge in [0.15, 0.2) is 0 Å². The molecule has 76 valence electrons. The first-order valence-corrected chi connectivity index (χ1v) is 5.23. The zero-order valence-corrected chi connectivity index (χ0v) is 8.35. The second-order valence-corrected chi connectivity index (χ2v) is 4.19. The highest BCUT2D eigenvalue weighted by Crippen LogP contribution is 2.42. The van der Waals surface area contributed by atoms with E-state index in [1.54, 1.807) is 0 Å². The van der Waals surface area contributed by atoms with Crippen LogP contribution in [-0.2, 0) is 15.1 Å². The number of carbonyl (C=O) groups excluding carboxylic acids is 1. The fourth-order valence-electron chi connectivity index (χ4n) is 2.40. The molecular formula is C13H12O2. The summed E-state index contributed by atoms with van der Waals surface area (Å²) in [6.07, 6.45) is 5.05. The molecule has 1 aromatic carbocycles. The van der Waals surface area contributed by atoms with E-state index in [9.17, 15) is 4.79 Å². The number of benzene rings is 1. The van der Waals surface area contributed by atoms with Crippen molar-refractivity contribution in [2.45, 2.75) is 24.5 Å². The molecule has 2 heterocycles. The highest BCUT2D eigenvalue weighted by atomic mass is 16.5. The minimum Gasteiger partial charge on any atom is -0.358 e. The van der Waals surface area contributed by atoms with Crippen molar-refractivity contribution in [1.29, 1.82) is 0 Å². The lowest BCUT2D eigenvalue weighted by atomic mass is 9.88. The van der Waals surface area contributed by atoms with Crippen molar-refractivity contribution in [3.63, 3.8) is 0 Å². The van der Waals surface area contributed by atoms with Crippen molar-refractivity contribution in [3.05, 3.63) is 48.0 Å². The zero-order valence-electron chi connectivity index (χ0n) is 8.35. The van der Waals surface area contributed by atoms with Crippen LogP contribution in [-0.4, -0.2) is 11.9 Å². The number of hydrogen-bond acceptors (Lipinski definition) is 2. The van der Waals surface area contributed by atoms with Crippen LogP contribution in [0.15, 0.2) is 42.5 Å². The number of ketones is 1. The molecule has 0 amide bonds. The number of fused-ring (bicyclic) bond motifs is 2. The van der Waals surface area contributed by atoms with Crippen LogP contribution in [0.5, 0.6) is 0 Å². The largest absolute Gasteiger partial charge is 0.358 e. The summed E-state index contributed by atoms with van der Waals surface area (Å²) in [6.45, 7) is 0. The molecule has 1 fully saturated rings. The standard InChI is InChI=1S/C13H12O2/c14-11-8-12-6-7-13(9-11,15-12)10-4-2-1-3-5-10/h1-7,12H,8-9H2. The first-order valence-electron chi connectivity index (χ1n) is 5.23. The molecule has 2 aliphatic rings. The SMILES string of the molecule is O=C1CC2C=CC(c3ccccc3)(C1)O2. The van der Waals surface area contributed by atoms with Gasteiger partial charge >= 0.3 is 0 Å². The van der Waals surface area contributed by atoms with E-state index in [1.807, 2.05) is 42.5 Å². The molecule has 2 atom stereocenters. The third-order valence-electron chi connectivity index (χ3n) is 3.09. The normalized spacial score (nSPS) is 33.3. The van der Waals surface area contributed by atoms with Crippen molar-refractivity contribution >= 4 is 5.78 Å². The minimum absolute atomic E-state index is 0.00791. The van der Waals surface area contributed by atoms with E-state index in [2.05, 4.69) is 0 Å². The van der Waals surface area contributed by atoms with Crippen molar-refractivity contribution in [3.8, 4) is 0 Å². The van der Waals surface area contributed by atoms with Crippen LogP contribution in [0.2, 0.25) is 0 Å². The first-order chi connectivity index (χ1) is 7.28. The van der Waals surface area contributed by atoms with Crippen molar-refractivity contribution in [2.24, 2.45) is 0 Å². The van der Waals surface area contributed by atoms with E-state index < -0.39 is 5.60 Å². The van der Waals surface area contributed by atoms with Crippen molar-refractivity contribution in [1.82, 2.24) is 0 Å². The molecule has 2 aliphatic heterocycles. The highest BCUT2D eigenvalue weighted by molar-refractivity contribution is 5.82. The lowest BCUT2D eigenvalue weighted by Gasteiger charge is -2.32. The van der Waals surface area contributed by atoms with Crippen molar-refractivity contribution < 1.29 is 9.53 Å². The van der Waals surface area contributed by atoms with Gasteiger partial charge in [-0.3, -0.25) is 4.79 Å². The summed E-state index contributed by atoms with van der Waals surface area (Å²) in [6, 6.07) is 9.97. The third kappa shape index (κ3) is 1.33. The molecule has 0 N–H and O–H groups in total. The molecule has 1 saturated heterocycles. The molecular weight excluding hydrogens is 188 g/mol. The quantitative estimate of drug-likeness (QED) is 0.649. The van der Waals surface area contributed by atoms with Crippen LogP contribution in [0.3, 0.4) is 0 Å². The summed E-state index contributed by atoms with van der Waals surface area (Å²) in [5.74, 6) is 0.292. The van der Waals surface area contributed by atoms with Gasteiger partial charge in [-0.1, -0.05) is 36.4 Å². The predicted octanol–water partition coefficient (Wildman–Crippen LogP) is 2.20. The molecule has 3 rings (SSSR count). The smallest absolute Gasteiger partial charge is 0.139 e. The number of Topliss-reactive ketones (excluding diaryl/α,β-unsaturated/α-hetero) is 1. The lowest BCUT2D eigenvalue weighted by Crippen LogP contribution is -2.35. The minimum atomic E-state index is -0.471. The number of hydrogen-bond donors (Lipinski definition) is 0. The third-order valence-corrected chi connectivity index (χ3v) is 3.09. The summed E-state index contributed by atoms with van der Waals surface area (Å²) in [5, 5.41) is 0. The molecule has 2 unspecified atom stereocenters. The lowest BCUT2D eigenvalue weighted by molar-refractivity contribution is -0.138. The Morgan fingerprint density at radius 3 is 2.87 bits per heavy atom. The van der Waals surface area contributed by atoms with Crippen molar-refractivity contribution in [2.75, 3.05) is 0 Å². The Hall–Kier alpha value is -1.41. The Balaban J connectivity index is 2.04. The fraction of sp³-hybridized carbons (Fsp3) is 0.308. The van der Waals surface area contributed by atoms with Gasteiger partial charge in [0.1, 0.15) is 11.4 Å². The maximum absolute atomic E-state index is 11.6. The number of carbonyl (C=O) groups is 1. The van der Waals surface area contributed by atoms with E-state index in [4.69, 9.17) is 4.74 Å². The van der Waals surface area contributed by atoms with Gasteiger partial charge in [-0.25, -0.2) is 0 Å². The van der Waals surface area contributed by atoms with Gasteiger partial charge < -0.3 is 4.74 Å². The van der Waals surface area contributed by atoms with E-state index >= 15 is 0 Å². The summed E-state index contributed by atoms with van der Waals surface area (Å²) >= 11 is 0. The Labute approximate surface area is 88.6 Å². The zero-order chi connectivity index (χ0) is 10.3. The van der Waals surface area contributed by atoms with Crippen LogP contribution < -0.4 is 0 Å². The second-order valence-electron chi connectivity index (χ2n) is 4.19. The molecule has 2 heteroatoms. The molecule has 0 aromatic heterocycles. The van der Waals surface area contributed by atoms with E-state index in [-0.39, 0.29) is 6.10 Å². The predicted molar refractivity (Wildman–Crippen MR) is 56.4 cm³/mol. The summed E-state index contributed by atoms with van der Waals surface area (Å²) < 4.78 is 5.91. The summed E-state index contributed by atoms with van der Waals surface area (Å²) in [4.78, 5) is 11.6. The van der Waals surface area contributed by atoms with Gasteiger partial charge in [0.25, 0.3) is 0 Å². The summed E-state index contributed by atoms with van der Waals surface area (Å²) in [7, 11) is 0. The maximum atomic E-state index is 11.6. The van der Waals surface area contributed by atoms with E-state index in [1.165, 1.54) is 0 Å². The molecule has 0 radical (unpaired) electrons. The number of rotatable bonds is 1. The van der Waals surface area contributed by atoms with Gasteiger partial charge in [-0.2, -0.15) is 0 Å². The van der Waals surface area contributed by atoms with Crippen LogP contribution in [0, 0.1) is 0 Å². The van der Waals surface area contributed by atoms with E-state index in [0.29, 0.717) is 18.6 Å². The molecule has 2 nitrogen and oxygen atoms in total. The molecule has 2 bridgehead atoms. The van der Waals surface area contributed by atoms with Crippen LogP contribution in [0.4, 0.5) is 0 Å². The van der Waals surface area contributed by atoms with Gasteiger partial charge in [-0.05, 0) is 11.6 Å². The highest BCUT2D eigenvalue weighted by Gasteiger charge is 2.43. The van der Waals surface area contributed by atoms with Crippen LogP contribution >= 0.6 is 0 Å². The van der Waals surface area contributed by atoms with Crippen LogP contribution in [0.25, 0.3) is 0 Å². The van der Waals surface area contributed by atoms with Gasteiger partial charge in [0, 0.05) is 12.8 Å². The Morgan fingerprint density at radius 2 is 2.07 bits per heavy atom. The van der Waals surface area contributed by atoms with Gasteiger partial charge in [-0.15, -0.1) is 0 Å². The monoisotopic (exact) mass is 200 g/mol. The average molecular weight is 200 g/mol.